The number of benzene rings is 2. The number of ether oxygens (including phenoxy) is 2. The smallest absolute Gasteiger partial charge is 0.270 e. The van der Waals surface area contributed by atoms with E-state index in [0.717, 1.165) is 4.47 Å². The summed E-state index contributed by atoms with van der Waals surface area (Å²) in [7, 11) is 1.56. The summed E-state index contributed by atoms with van der Waals surface area (Å²) >= 11 is 8.61. The third-order valence-electron chi connectivity index (χ3n) is 4.00. The van der Waals surface area contributed by atoms with Crippen molar-refractivity contribution in [3.63, 3.8) is 0 Å². The lowest BCUT2D eigenvalue weighted by molar-refractivity contribution is -0.122. The number of hydrogen-bond donors (Lipinski definition) is 1. The van der Waals surface area contributed by atoms with Crippen molar-refractivity contribution >= 4 is 56.8 Å². The van der Waals surface area contributed by atoms with Crippen molar-refractivity contribution in [1.82, 2.24) is 5.32 Å². The van der Waals surface area contributed by atoms with Crippen LogP contribution < -0.4 is 19.7 Å². The van der Waals surface area contributed by atoms with E-state index >= 15 is 0 Å². The minimum Gasteiger partial charge on any atom is -0.497 e. The Kier molecular flexibility index (Phi) is 6.11. The van der Waals surface area contributed by atoms with E-state index in [2.05, 4.69) is 21.2 Å². The highest BCUT2D eigenvalue weighted by Gasteiger charge is 2.34. The highest BCUT2D eigenvalue weighted by molar-refractivity contribution is 9.10. The largest absolute Gasteiger partial charge is 0.497 e. The Morgan fingerprint density at radius 1 is 1.18 bits per heavy atom. The fraction of sp³-hybridized carbons (Fsp3) is 0.150. The molecule has 28 heavy (non-hydrogen) atoms. The van der Waals surface area contributed by atoms with Gasteiger partial charge in [0.15, 0.2) is 5.11 Å². The number of carbonyl (C=O) groups excluding carboxylic acids is 2. The number of hydrogen-bond acceptors (Lipinski definition) is 5. The molecule has 1 heterocycles. The van der Waals surface area contributed by atoms with E-state index in [4.69, 9.17) is 21.7 Å². The van der Waals surface area contributed by atoms with E-state index < -0.39 is 11.8 Å². The van der Waals surface area contributed by atoms with Gasteiger partial charge >= 0.3 is 0 Å². The molecule has 0 aliphatic carbocycles. The van der Waals surface area contributed by atoms with Gasteiger partial charge < -0.3 is 9.47 Å². The number of nitrogens with zero attached hydrogens (tertiary/aromatic N) is 1. The van der Waals surface area contributed by atoms with Gasteiger partial charge in [0.05, 0.1) is 19.4 Å². The number of thiocarbonyl (C=S) groups is 1. The highest BCUT2D eigenvalue weighted by atomic mass is 79.9. The molecule has 0 spiro atoms. The minimum absolute atomic E-state index is 0.0246. The molecule has 2 aromatic carbocycles. The Balaban J connectivity index is 2.02. The fourth-order valence-electron chi connectivity index (χ4n) is 2.70. The van der Waals surface area contributed by atoms with Crippen LogP contribution in [0.3, 0.4) is 0 Å². The standard InChI is InChI=1S/C20H17BrN2O4S/c1-3-27-17-9-4-13(21)10-12(17)11-16-18(24)22-20(28)23(19(16)25)14-5-7-15(26-2)8-6-14/h4-11H,3H2,1-2H3,(H,22,24,28)/b16-11-. The van der Waals surface area contributed by atoms with Gasteiger partial charge in [-0.25, -0.2) is 0 Å². The van der Waals surface area contributed by atoms with Gasteiger partial charge in [0, 0.05) is 10.0 Å². The van der Waals surface area contributed by atoms with E-state index in [1.54, 1.807) is 43.5 Å². The second-order valence-electron chi connectivity index (χ2n) is 5.77. The zero-order valence-electron chi connectivity index (χ0n) is 15.2. The zero-order chi connectivity index (χ0) is 20.3. The summed E-state index contributed by atoms with van der Waals surface area (Å²) in [6.45, 7) is 2.32. The molecule has 0 atom stereocenters. The van der Waals surface area contributed by atoms with Gasteiger partial charge in [0.2, 0.25) is 0 Å². The average molecular weight is 461 g/mol. The van der Waals surface area contributed by atoms with E-state index in [1.165, 1.54) is 11.0 Å². The maximum Gasteiger partial charge on any atom is 0.270 e. The van der Waals surface area contributed by atoms with Crippen molar-refractivity contribution in [3.05, 3.63) is 58.1 Å². The van der Waals surface area contributed by atoms with Crippen LogP contribution in [0.25, 0.3) is 6.08 Å². The Hall–Kier alpha value is -2.71. The summed E-state index contributed by atoms with van der Waals surface area (Å²) in [5.41, 5.74) is 1.10. The molecule has 0 saturated carbocycles. The molecule has 6 nitrogen and oxygen atoms in total. The third kappa shape index (κ3) is 4.07. The molecule has 0 radical (unpaired) electrons. The molecule has 3 rings (SSSR count). The number of nitrogens with one attached hydrogen (secondary N) is 1. The maximum atomic E-state index is 13.1. The number of amides is 2. The van der Waals surface area contributed by atoms with Crippen molar-refractivity contribution in [2.45, 2.75) is 6.92 Å². The SMILES string of the molecule is CCOc1ccc(Br)cc1/C=C1/C(=O)NC(=S)N(c2ccc(OC)cc2)C1=O. The second-order valence-corrected chi connectivity index (χ2v) is 7.07. The lowest BCUT2D eigenvalue weighted by Crippen LogP contribution is -2.54. The Labute approximate surface area is 176 Å². The molecule has 2 amide bonds. The number of halogens is 1. The average Bonchev–Trinajstić information content (AvgIpc) is 2.67. The number of anilines is 1. The van der Waals surface area contributed by atoms with Crippen LogP contribution >= 0.6 is 28.1 Å². The van der Waals surface area contributed by atoms with E-state index in [1.807, 2.05) is 13.0 Å². The monoisotopic (exact) mass is 460 g/mol. The van der Waals surface area contributed by atoms with Crippen LogP contribution in [-0.2, 0) is 9.59 Å². The van der Waals surface area contributed by atoms with E-state index in [-0.39, 0.29) is 10.7 Å². The lowest BCUT2D eigenvalue weighted by Gasteiger charge is -2.29. The lowest BCUT2D eigenvalue weighted by atomic mass is 10.1. The van der Waals surface area contributed by atoms with E-state index in [0.29, 0.717) is 29.4 Å². The van der Waals surface area contributed by atoms with Gasteiger partial charge in [-0.1, -0.05) is 15.9 Å². The molecule has 0 bridgehead atoms. The summed E-state index contributed by atoms with van der Waals surface area (Å²) in [4.78, 5) is 26.8. The predicted octanol–water partition coefficient (Wildman–Crippen LogP) is 3.69. The Morgan fingerprint density at radius 3 is 2.54 bits per heavy atom. The normalized spacial score (nSPS) is 15.6. The maximum absolute atomic E-state index is 13.1. The number of carbonyl (C=O) groups is 2. The number of rotatable bonds is 5. The van der Waals surface area contributed by atoms with Crippen molar-refractivity contribution in [2.24, 2.45) is 0 Å². The molecule has 0 unspecified atom stereocenters. The molecular formula is C20H17BrN2O4S. The third-order valence-corrected chi connectivity index (χ3v) is 4.78. The summed E-state index contributed by atoms with van der Waals surface area (Å²) in [6.07, 6.45) is 1.51. The number of methoxy groups -OCH3 is 1. The van der Waals surface area contributed by atoms with Gasteiger partial charge in [0.1, 0.15) is 17.1 Å². The van der Waals surface area contributed by atoms with Crippen molar-refractivity contribution in [2.75, 3.05) is 18.6 Å². The summed E-state index contributed by atoms with van der Waals surface area (Å²) in [5, 5.41) is 2.59. The quantitative estimate of drug-likeness (QED) is 0.418. The summed E-state index contributed by atoms with van der Waals surface area (Å²) in [5.74, 6) is 0.154. The highest BCUT2D eigenvalue weighted by Crippen LogP contribution is 2.28. The molecule has 8 heteroatoms. The molecule has 1 aliphatic rings. The van der Waals surface area contributed by atoms with Gasteiger partial charge in [-0.3, -0.25) is 19.8 Å². The molecule has 144 valence electrons. The van der Waals surface area contributed by atoms with Gasteiger partial charge in [0.25, 0.3) is 11.8 Å². The topological polar surface area (TPSA) is 67.9 Å². The molecule has 2 aromatic rings. The summed E-state index contributed by atoms with van der Waals surface area (Å²) in [6, 6.07) is 12.2. The predicted molar refractivity (Wildman–Crippen MR) is 115 cm³/mol. The molecule has 1 fully saturated rings. The second kappa shape index (κ2) is 8.53. The molecule has 0 aromatic heterocycles. The van der Waals surface area contributed by atoms with Crippen LogP contribution in [0.15, 0.2) is 52.5 Å². The fourth-order valence-corrected chi connectivity index (χ4v) is 3.36. The van der Waals surface area contributed by atoms with Gasteiger partial charge in [-0.2, -0.15) is 0 Å². The molecular weight excluding hydrogens is 444 g/mol. The van der Waals surface area contributed by atoms with Crippen LogP contribution in [0.2, 0.25) is 0 Å². The van der Waals surface area contributed by atoms with Crippen LogP contribution in [0.4, 0.5) is 5.69 Å². The van der Waals surface area contributed by atoms with Gasteiger partial charge in [-0.05, 0) is 67.7 Å². The van der Waals surface area contributed by atoms with Gasteiger partial charge in [-0.15, -0.1) is 0 Å². The first-order valence-electron chi connectivity index (χ1n) is 8.42. The van der Waals surface area contributed by atoms with Crippen molar-refractivity contribution < 1.29 is 19.1 Å². The van der Waals surface area contributed by atoms with Crippen LogP contribution in [-0.4, -0.2) is 30.6 Å². The minimum atomic E-state index is -0.554. The molecule has 1 saturated heterocycles. The Bertz CT molecular complexity index is 973. The van der Waals surface area contributed by atoms with E-state index in [9.17, 15) is 9.59 Å². The first kappa shape index (κ1) is 20.0. The van der Waals surface area contributed by atoms with Crippen molar-refractivity contribution in [1.29, 1.82) is 0 Å². The molecule has 1 N–H and O–H groups in total. The summed E-state index contributed by atoms with van der Waals surface area (Å²) < 4.78 is 11.5. The first-order valence-corrected chi connectivity index (χ1v) is 9.62. The zero-order valence-corrected chi connectivity index (χ0v) is 17.6. The Morgan fingerprint density at radius 2 is 1.89 bits per heavy atom. The van der Waals surface area contributed by atoms with Crippen LogP contribution in [0.1, 0.15) is 12.5 Å². The van der Waals surface area contributed by atoms with Crippen molar-refractivity contribution in [3.8, 4) is 11.5 Å². The van der Waals surface area contributed by atoms with Crippen LogP contribution in [0, 0.1) is 0 Å². The molecule has 1 aliphatic heterocycles. The van der Waals surface area contributed by atoms with Crippen LogP contribution in [0.5, 0.6) is 11.5 Å². The first-order chi connectivity index (χ1) is 13.4.